The van der Waals surface area contributed by atoms with Gasteiger partial charge in [0, 0.05) is 10.9 Å². The smallest absolute Gasteiger partial charge is 0.305 e. The van der Waals surface area contributed by atoms with Crippen LogP contribution in [0.2, 0.25) is 0 Å². The molecule has 0 aliphatic heterocycles. The molecule has 2 N–H and O–H groups in total. The van der Waals surface area contributed by atoms with Gasteiger partial charge >= 0.3 is 5.97 Å². The van der Waals surface area contributed by atoms with Gasteiger partial charge in [-0.1, -0.05) is 36.4 Å². The summed E-state index contributed by atoms with van der Waals surface area (Å²) >= 11 is 1.60. The van der Waals surface area contributed by atoms with Gasteiger partial charge in [0.15, 0.2) is 0 Å². The zero-order chi connectivity index (χ0) is 15.1. The highest BCUT2D eigenvalue weighted by Gasteiger charge is 2.18. The molecule has 1 heterocycles. The van der Waals surface area contributed by atoms with Crippen LogP contribution < -0.4 is 5.32 Å². The number of carboxylic acids is 1. The Morgan fingerprint density at radius 3 is 2.62 bits per heavy atom. The minimum absolute atomic E-state index is 0.103. The molecular weight excluding hydrogens is 282 g/mol. The topological polar surface area (TPSA) is 49.3 Å². The van der Waals surface area contributed by atoms with Crippen molar-refractivity contribution in [1.82, 2.24) is 5.32 Å². The van der Waals surface area contributed by atoms with Crippen LogP contribution in [0.15, 0.2) is 47.8 Å². The molecule has 0 fully saturated rings. The van der Waals surface area contributed by atoms with Crippen LogP contribution in [0.5, 0.6) is 0 Å². The molecule has 1 aromatic heterocycles. The SMILES string of the molecule is CC(CCc1ccccc1)NC(CC(=O)O)c1cccs1. The number of thiophene rings is 1. The minimum atomic E-state index is -0.767. The van der Waals surface area contributed by atoms with E-state index >= 15 is 0 Å². The van der Waals surface area contributed by atoms with Gasteiger partial charge < -0.3 is 10.4 Å². The van der Waals surface area contributed by atoms with Gasteiger partial charge in [-0.15, -0.1) is 11.3 Å². The predicted octanol–water partition coefficient (Wildman–Crippen LogP) is 3.87. The van der Waals surface area contributed by atoms with Crippen molar-refractivity contribution >= 4 is 17.3 Å². The summed E-state index contributed by atoms with van der Waals surface area (Å²) in [5, 5.41) is 14.5. The van der Waals surface area contributed by atoms with Crippen LogP contribution in [0.25, 0.3) is 0 Å². The van der Waals surface area contributed by atoms with Gasteiger partial charge in [-0.05, 0) is 36.8 Å². The summed E-state index contributed by atoms with van der Waals surface area (Å²) in [6.07, 6.45) is 2.11. The molecule has 1 aromatic carbocycles. The van der Waals surface area contributed by atoms with Gasteiger partial charge in [0.05, 0.1) is 12.5 Å². The lowest BCUT2D eigenvalue weighted by molar-refractivity contribution is -0.137. The van der Waals surface area contributed by atoms with Gasteiger partial charge in [0.2, 0.25) is 0 Å². The van der Waals surface area contributed by atoms with Gasteiger partial charge in [-0.2, -0.15) is 0 Å². The van der Waals surface area contributed by atoms with Crippen LogP contribution in [-0.4, -0.2) is 17.1 Å². The van der Waals surface area contributed by atoms with Crippen molar-refractivity contribution in [1.29, 1.82) is 0 Å². The molecule has 0 saturated carbocycles. The van der Waals surface area contributed by atoms with Gasteiger partial charge in [0.1, 0.15) is 0 Å². The summed E-state index contributed by atoms with van der Waals surface area (Å²) in [6.45, 7) is 2.12. The van der Waals surface area contributed by atoms with Crippen molar-refractivity contribution in [2.45, 2.75) is 38.3 Å². The Kier molecular flexibility index (Phi) is 5.96. The average molecular weight is 303 g/mol. The van der Waals surface area contributed by atoms with E-state index in [-0.39, 0.29) is 18.5 Å². The van der Waals surface area contributed by atoms with E-state index in [1.165, 1.54) is 5.56 Å². The zero-order valence-electron chi connectivity index (χ0n) is 12.2. The van der Waals surface area contributed by atoms with Gasteiger partial charge in [0.25, 0.3) is 0 Å². The molecule has 0 saturated heterocycles. The summed E-state index contributed by atoms with van der Waals surface area (Å²) in [4.78, 5) is 12.1. The molecule has 2 aromatic rings. The first-order valence-corrected chi connectivity index (χ1v) is 8.08. The Balaban J connectivity index is 1.89. The number of nitrogens with one attached hydrogen (secondary N) is 1. The molecule has 4 heteroatoms. The van der Waals surface area contributed by atoms with Crippen molar-refractivity contribution in [2.75, 3.05) is 0 Å². The summed E-state index contributed by atoms with van der Waals surface area (Å²) in [5.41, 5.74) is 1.32. The van der Waals surface area contributed by atoms with Crippen molar-refractivity contribution in [3.05, 3.63) is 58.3 Å². The third-order valence-corrected chi connectivity index (χ3v) is 4.45. The Labute approximate surface area is 129 Å². The Hall–Kier alpha value is -1.65. The molecule has 3 nitrogen and oxygen atoms in total. The van der Waals surface area contributed by atoms with Crippen molar-refractivity contribution < 1.29 is 9.90 Å². The third-order valence-electron chi connectivity index (χ3n) is 3.46. The third kappa shape index (κ3) is 5.33. The van der Waals surface area contributed by atoms with Crippen molar-refractivity contribution in [3.8, 4) is 0 Å². The molecule has 0 radical (unpaired) electrons. The second-order valence-electron chi connectivity index (χ2n) is 5.26. The zero-order valence-corrected chi connectivity index (χ0v) is 13.0. The maximum absolute atomic E-state index is 11.0. The fraction of sp³-hybridized carbons (Fsp3) is 0.353. The number of aryl methyl sites for hydroxylation is 1. The largest absolute Gasteiger partial charge is 0.481 e. The Bertz CT molecular complexity index is 539. The van der Waals surface area contributed by atoms with Crippen LogP contribution in [-0.2, 0) is 11.2 Å². The van der Waals surface area contributed by atoms with E-state index in [4.69, 9.17) is 5.11 Å². The van der Waals surface area contributed by atoms with Crippen LogP contribution >= 0.6 is 11.3 Å². The van der Waals surface area contributed by atoms with Crippen LogP contribution in [0, 0.1) is 0 Å². The van der Waals surface area contributed by atoms with E-state index in [9.17, 15) is 4.79 Å². The average Bonchev–Trinajstić information content (AvgIpc) is 2.99. The molecular formula is C17H21NO2S. The summed E-state index contributed by atoms with van der Waals surface area (Å²) in [5.74, 6) is -0.767. The number of aliphatic carboxylic acids is 1. The monoisotopic (exact) mass is 303 g/mol. The lowest BCUT2D eigenvalue weighted by Crippen LogP contribution is -2.32. The van der Waals surface area contributed by atoms with Gasteiger partial charge in [-0.25, -0.2) is 0 Å². The van der Waals surface area contributed by atoms with Crippen molar-refractivity contribution in [3.63, 3.8) is 0 Å². The fourth-order valence-corrected chi connectivity index (χ4v) is 3.15. The van der Waals surface area contributed by atoms with E-state index in [0.717, 1.165) is 17.7 Å². The lowest BCUT2D eigenvalue weighted by atomic mass is 10.0. The molecule has 112 valence electrons. The van der Waals surface area contributed by atoms with E-state index in [0.29, 0.717) is 0 Å². The van der Waals surface area contributed by atoms with E-state index in [2.05, 4.69) is 24.4 Å². The molecule has 2 atom stereocenters. The molecule has 21 heavy (non-hydrogen) atoms. The second-order valence-corrected chi connectivity index (χ2v) is 6.24. The van der Waals surface area contributed by atoms with Crippen LogP contribution in [0.4, 0.5) is 0 Å². The van der Waals surface area contributed by atoms with E-state index in [1.54, 1.807) is 11.3 Å². The molecule has 0 bridgehead atoms. The fourth-order valence-electron chi connectivity index (χ4n) is 2.36. The highest BCUT2D eigenvalue weighted by atomic mass is 32.1. The second kappa shape index (κ2) is 7.96. The maximum Gasteiger partial charge on any atom is 0.305 e. The lowest BCUT2D eigenvalue weighted by Gasteiger charge is -2.21. The summed E-state index contributed by atoms with van der Waals surface area (Å²) in [7, 11) is 0. The minimum Gasteiger partial charge on any atom is -0.481 e. The number of hydrogen-bond acceptors (Lipinski definition) is 3. The first kappa shape index (κ1) is 15.7. The normalized spacial score (nSPS) is 13.8. The maximum atomic E-state index is 11.0. The molecule has 0 spiro atoms. The first-order chi connectivity index (χ1) is 10.1. The molecule has 2 unspecified atom stereocenters. The number of rotatable bonds is 8. The van der Waals surface area contributed by atoms with E-state index in [1.807, 2.05) is 35.7 Å². The molecule has 2 rings (SSSR count). The first-order valence-electron chi connectivity index (χ1n) is 7.20. The molecule has 0 aliphatic carbocycles. The number of carbonyl (C=O) groups is 1. The molecule has 0 amide bonds. The van der Waals surface area contributed by atoms with Crippen molar-refractivity contribution in [2.24, 2.45) is 0 Å². The predicted molar refractivity (Wildman–Crippen MR) is 86.7 cm³/mol. The highest BCUT2D eigenvalue weighted by molar-refractivity contribution is 7.10. The molecule has 0 aliphatic rings. The summed E-state index contributed by atoms with van der Waals surface area (Å²) in [6, 6.07) is 14.5. The van der Waals surface area contributed by atoms with Crippen LogP contribution in [0.1, 0.15) is 36.2 Å². The Morgan fingerprint density at radius 2 is 2.00 bits per heavy atom. The number of carboxylic acid groups (broad SMARTS) is 1. The Morgan fingerprint density at radius 1 is 1.24 bits per heavy atom. The van der Waals surface area contributed by atoms with E-state index < -0.39 is 5.97 Å². The number of hydrogen-bond donors (Lipinski definition) is 2. The van der Waals surface area contributed by atoms with Gasteiger partial charge in [-0.3, -0.25) is 4.79 Å². The number of benzene rings is 1. The quantitative estimate of drug-likeness (QED) is 0.778. The standard InChI is InChI=1S/C17H21NO2S/c1-13(9-10-14-6-3-2-4-7-14)18-15(12-17(19)20)16-8-5-11-21-16/h2-8,11,13,15,18H,9-10,12H2,1H3,(H,19,20). The van der Waals surface area contributed by atoms with Crippen LogP contribution in [0.3, 0.4) is 0 Å². The highest BCUT2D eigenvalue weighted by Crippen LogP contribution is 2.23. The summed E-state index contributed by atoms with van der Waals surface area (Å²) < 4.78 is 0.